The first-order valence-corrected chi connectivity index (χ1v) is 2.72. The van der Waals surface area contributed by atoms with Crippen LogP contribution in [0.2, 0.25) is 0 Å². The van der Waals surface area contributed by atoms with Gasteiger partial charge < -0.3 is 14.2 Å². The molecule has 0 heterocycles. The van der Waals surface area contributed by atoms with Gasteiger partial charge in [0, 0.05) is 7.11 Å². The predicted molar refractivity (Wildman–Crippen MR) is 31.9 cm³/mol. The molecule has 0 amide bonds. The molecule has 0 aliphatic rings. The van der Waals surface area contributed by atoms with Gasteiger partial charge in [0.25, 0.3) is 0 Å². The summed E-state index contributed by atoms with van der Waals surface area (Å²) in [5.74, 6) is 0. The molecule has 0 spiro atoms. The number of rotatable bonds is 7. The van der Waals surface area contributed by atoms with E-state index in [4.69, 9.17) is 9.47 Å². The van der Waals surface area contributed by atoms with Crippen LogP contribution >= 0.6 is 0 Å². The van der Waals surface area contributed by atoms with Gasteiger partial charge in [0.05, 0.1) is 7.11 Å². The van der Waals surface area contributed by atoms with Crippen molar-refractivity contribution in [3.05, 3.63) is 0 Å². The minimum absolute atomic E-state index is 0.0558. The van der Waals surface area contributed by atoms with Crippen molar-refractivity contribution < 1.29 is 24.0 Å². The minimum Gasteiger partial charge on any atom is -0.359 e. The summed E-state index contributed by atoms with van der Waals surface area (Å²) in [7, 11) is 2.94. The molecule has 0 unspecified atom stereocenters. The largest absolute Gasteiger partial charge is 0.359 e. The van der Waals surface area contributed by atoms with Crippen LogP contribution in [0.25, 0.3) is 0 Å². The van der Waals surface area contributed by atoms with E-state index < -0.39 is 0 Å². The Hall–Kier alpha value is -0.200. The SMILES string of the molecule is COCOCOCOOC. The third kappa shape index (κ3) is 7.80. The lowest BCUT2D eigenvalue weighted by Gasteiger charge is -2.02. The fraction of sp³-hybridized carbons (Fsp3) is 1.00. The second-order valence-electron chi connectivity index (χ2n) is 1.33. The summed E-state index contributed by atoms with van der Waals surface area (Å²) < 4.78 is 14.1. The number of methoxy groups -OCH3 is 1. The summed E-state index contributed by atoms with van der Waals surface area (Å²) >= 11 is 0. The Labute approximate surface area is 59.7 Å². The molecule has 5 heteroatoms. The van der Waals surface area contributed by atoms with Gasteiger partial charge in [0.2, 0.25) is 0 Å². The van der Waals surface area contributed by atoms with Crippen LogP contribution in [0.15, 0.2) is 0 Å². The second-order valence-corrected chi connectivity index (χ2v) is 1.33. The first-order chi connectivity index (χ1) is 4.91. The molecule has 62 valence electrons. The normalized spacial score (nSPS) is 10.2. The van der Waals surface area contributed by atoms with E-state index in [9.17, 15) is 0 Å². The molecule has 0 saturated carbocycles. The second kappa shape index (κ2) is 8.80. The van der Waals surface area contributed by atoms with E-state index >= 15 is 0 Å². The zero-order valence-electron chi connectivity index (χ0n) is 6.16. The van der Waals surface area contributed by atoms with Gasteiger partial charge in [-0.2, -0.15) is 0 Å². The van der Waals surface area contributed by atoms with E-state index in [2.05, 4.69) is 14.5 Å². The van der Waals surface area contributed by atoms with Gasteiger partial charge in [-0.15, -0.1) is 0 Å². The number of hydrogen-bond acceptors (Lipinski definition) is 5. The van der Waals surface area contributed by atoms with Gasteiger partial charge in [-0.25, -0.2) is 9.78 Å². The van der Waals surface area contributed by atoms with Crippen LogP contribution < -0.4 is 0 Å². The zero-order chi connectivity index (χ0) is 7.66. The summed E-state index contributed by atoms with van der Waals surface area (Å²) in [6, 6.07) is 0. The maximum Gasteiger partial charge on any atom is 0.183 e. The Morgan fingerprint density at radius 3 is 2.20 bits per heavy atom. The van der Waals surface area contributed by atoms with E-state index in [1.165, 1.54) is 14.2 Å². The molecule has 10 heavy (non-hydrogen) atoms. The number of ether oxygens (including phenoxy) is 3. The van der Waals surface area contributed by atoms with Gasteiger partial charge in [0.15, 0.2) is 13.6 Å². The van der Waals surface area contributed by atoms with Crippen molar-refractivity contribution in [1.82, 2.24) is 0 Å². The van der Waals surface area contributed by atoms with Crippen molar-refractivity contribution in [2.75, 3.05) is 34.6 Å². The average Bonchev–Trinajstić information content (AvgIpc) is 1.97. The van der Waals surface area contributed by atoms with Crippen molar-refractivity contribution in [3.63, 3.8) is 0 Å². The highest BCUT2D eigenvalue weighted by Crippen LogP contribution is 1.80. The highest BCUT2D eigenvalue weighted by molar-refractivity contribution is 3.99. The lowest BCUT2D eigenvalue weighted by atomic mass is 11.3. The summed E-state index contributed by atoms with van der Waals surface area (Å²) in [5, 5.41) is 0. The fourth-order valence-corrected chi connectivity index (χ4v) is 0.292. The molecule has 0 aromatic rings. The molecule has 0 aromatic heterocycles. The molecular weight excluding hydrogens is 140 g/mol. The predicted octanol–water partition coefficient (Wildman–Crippen LogP) is 0.117. The van der Waals surface area contributed by atoms with E-state index in [1.54, 1.807) is 0 Å². The van der Waals surface area contributed by atoms with Gasteiger partial charge in [0.1, 0.15) is 6.79 Å². The molecule has 0 aliphatic heterocycles. The molecule has 0 aliphatic carbocycles. The van der Waals surface area contributed by atoms with Crippen LogP contribution in [0.1, 0.15) is 0 Å². The van der Waals surface area contributed by atoms with E-state index in [-0.39, 0.29) is 20.4 Å². The molecule has 5 nitrogen and oxygen atoms in total. The van der Waals surface area contributed by atoms with Crippen molar-refractivity contribution >= 4 is 0 Å². The highest BCUT2D eigenvalue weighted by atomic mass is 17.2. The minimum atomic E-state index is 0.0558. The lowest BCUT2D eigenvalue weighted by Crippen LogP contribution is -2.05. The Morgan fingerprint density at radius 2 is 1.60 bits per heavy atom. The van der Waals surface area contributed by atoms with E-state index in [1.807, 2.05) is 0 Å². The average molecular weight is 152 g/mol. The molecule has 0 saturated heterocycles. The van der Waals surface area contributed by atoms with Gasteiger partial charge in [-0.3, -0.25) is 0 Å². The van der Waals surface area contributed by atoms with Crippen molar-refractivity contribution in [3.8, 4) is 0 Å². The summed E-state index contributed by atoms with van der Waals surface area (Å²) in [5.41, 5.74) is 0. The monoisotopic (exact) mass is 152 g/mol. The standard InChI is InChI=1S/C5H12O5/c1-6-3-8-4-9-5-10-7-2/h3-5H2,1-2H3. The molecular formula is C5H12O5. The number of hydrogen-bond donors (Lipinski definition) is 0. The molecule has 0 atom stereocenters. The van der Waals surface area contributed by atoms with Crippen molar-refractivity contribution in [2.45, 2.75) is 0 Å². The van der Waals surface area contributed by atoms with Crippen molar-refractivity contribution in [2.24, 2.45) is 0 Å². The summed E-state index contributed by atoms with van der Waals surface area (Å²) in [6.45, 7) is 0.407. The Kier molecular flexibility index (Phi) is 8.62. The maximum absolute atomic E-state index is 4.75. The van der Waals surface area contributed by atoms with Crippen LogP contribution in [0.5, 0.6) is 0 Å². The molecule has 0 N–H and O–H groups in total. The van der Waals surface area contributed by atoms with Crippen LogP contribution in [-0.4, -0.2) is 34.6 Å². The fourth-order valence-electron chi connectivity index (χ4n) is 0.292. The smallest absolute Gasteiger partial charge is 0.183 e. The lowest BCUT2D eigenvalue weighted by molar-refractivity contribution is -0.330. The highest BCUT2D eigenvalue weighted by Gasteiger charge is 1.85. The summed E-state index contributed by atoms with van der Waals surface area (Å²) in [6.07, 6.45) is 0. The summed E-state index contributed by atoms with van der Waals surface area (Å²) in [4.78, 5) is 8.61. The topological polar surface area (TPSA) is 46.2 Å². The molecule has 0 aromatic carbocycles. The van der Waals surface area contributed by atoms with Gasteiger partial charge in [-0.1, -0.05) is 0 Å². The quantitative estimate of drug-likeness (QED) is 0.224. The molecule has 0 fully saturated rings. The molecule has 0 bridgehead atoms. The maximum atomic E-state index is 4.75. The Morgan fingerprint density at radius 1 is 0.900 bits per heavy atom. The van der Waals surface area contributed by atoms with Crippen molar-refractivity contribution in [1.29, 1.82) is 0 Å². The zero-order valence-corrected chi connectivity index (χ0v) is 6.16. The van der Waals surface area contributed by atoms with Gasteiger partial charge >= 0.3 is 0 Å². The molecule has 0 radical (unpaired) electrons. The Bertz CT molecular complexity index is 50.0. The van der Waals surface area contributed by atoms with E-state index in [0.717, 1.165) is 0 Å². The third-order valence-electron chi connectivity index (χ3n) is 0.617. The van der Waals surface area contributed by atoms with Crippen LogP contribution in [0.3, 0.4) is 0 Å². The van der Waals surface area contributed by atoms with Crippen LogP contribution in [-0.2, 0) is 24.0 Å². The first kappa shape index (κ1) is 9.80. The van der Waals surface area contributed by atoms with E-state index in [0.29, 0.717) is 0 Å². The van der Waals surface area contributed by atoms with Gasteiger partial charge in [-0.05, 0) is 0 Å². The van der Waals surface area contributed by atoms with Crippen LogP contribution in [0.4, 0.5) is 0 Å². The molecule has 0 rings (SSSR count). The first-order valence-electron chi connectivity index (χ1n) is 2.72. The Balaban J connectivity index is 2.65. The third-order valence-corrected chi connectivity index (χ3v) is 0.617. The van der Waals surface area contributed by atoms with Crippen LogP contribution in [0, 0.1) is 0 Å².